The van der Waals surface area contributed by atoms with Crippen molar-refractivity contribution in [2.75, 3.05) is 6.54 Å². The zero-order valence-corrected chi connectivity index (χ0v) is 15.0. The minimum Gasteiger partial charge on any atom is -0.478 e. The standard InChI is InChI=1S/C20H23NO6/c1-13-6-5-9-15(17(13)19(24)25)18(23)16(22)10-11-21-20(26)27-12-14-7-3-2-4-8-14/h2-9,16,18,22-23H,10-12H2,1H3,(H,21,26)(H,24,25). The zero-order chi connectivity index (χ0) is 19.8. The summed E-state index contributed by atoms with van der Waals surface area (Å²) in [6, 6.07) is 13.9. The molecule has 2 rings (SSSR count). The number of hydrogen-bond donors (Lipinski definition) is 4. The van der Waals surface area contributed by atoms with Gasteiger partial charge in [0.15, 0.2) is 0 Å². The maximum absolute atomic E-state index is 11.7. The topological polar surface area (TPSA) is 116 Å². The number of aliphatic hydroxyl groups excluding tert-OH is 2. The van der Waals surface area contributed by atoms with Gasteiger partial charge in [-0.05, 0) is 30.0 Å². The van der Waals surface area contributed by atoms with Crippen LogP contribution < -0.4 is 5.32 Å². The smallest absolute Gasteiger partial charge is 0.407 e. The molecule has 0 spiro atoms. The number of carbonyl (C=O) groups is 2. The Bertz CT molecular complexity index is 777. The second-order valence-corrected chi connectivity index (χ2v) is 6.13. The summed E-state index contributed by atoms with van der Waals surface area (Å²) in [7, 11) is 0. The second kappa shape index (κ2) is 9.70. The molecule has 2 unspecified atom stereocenters. The SMILES string of the molecule is Cc1cccc(C(O)C(O)CCNC(=O)OCc2ccccc2)c1C(=O)O. The van der Waals surface area contributed by atoms with Gasteiger partial charge in [-0.15, -0.1) is 0 Å². The van der Waals surface area contributed by atoms with Crippen LogP contribution >= 0.6 is 0 Å². The summed E-state index contributed by atoms with van der Waals surface area (Å²) in [4.78, 5) is 23.1. The Hall–Kier alpha value is -2.90. The van der Waals surface area contributed by atoms with Crippen LogP contribution in [0.25, 0.3) is 0 Å². The molecular weight excluding hydrogens is 350 g/mol. The molecule has 0 fully saturated rings. The summed E-state index contributed by atoms with van der Waals surface area (Å²) in [5.74, 6) is -1.17. The first kappa shape index (κ1) is 20.4. The van der Waals surface area contributed by atoms with Crippen molar-refractivity contribution >= 4 is 12.1 Å². The number of alkyl carbamates (subject to hydrolysis) is 1. The molecule has 7 heteroatoms. The zero-order valence-electron chi connectivity index (χ0n) is 15.0. The second-order valence-electron chi connectivity index (χ2n) is 6.13. The quantitative estimate of drug-likeness (QED) is 0.565. The van der Waals surface area contributed by atoms with Crippen LogP contribution in [0.15, 0.2) is 48.5 Å². The first-order valence-electron chi connectivity index (χ1n) is 8.53. The Labute approximate surface area is 157 Å². The van der Waals surface area contributed by atoms with Gasteiger partial charge in [-0.2, -0.15) is 0 Å². The molecule has 2 atom stereocenters. The van der Waals surface area contributed by atoms with Gasteiger partial charge in [0, 0.05) is 6.54 Å². The molecule has 0 aliphatic rings. The maximum Gasteiger partial charge on any atom is 0.407 e. The van der Waals surface area contributed by atoms with Crippen molar-refractivity contribution in [1.82, 2.24) is 5.32 Å². The van der Waals surface area contributed by atoms with Crippen LogP contribution in [-0.2, 0) is 11.3 Å². The van der Waals surface area contributed by atoms with E-state index in [0.29, 0.717) is 5.56 Å². The fourth-order valence-corrected chi connectivity index (χ4v) is 2.69. The number of rotatable bonds is 8. The van der Waals surface area contributed by atoms with E-state index in [9.17, 15) is 24.9 Å². The first-order chi connectivity index (χ1) is 12.9. The van der Waals surface area contributed by atoms with Gasteiger partial charge in [-0.1, -0.05) is 48.5 Å². The van der Waals surface area contributed by atoms with Crippen LogP contribution in [0.3, 0.4) is 0 Å². The Morgan fingerprint density at radius 1 is 1.07 bits per heavy atom. The Morgan fingerprint density at radius 3 is 2.44 bits per heavy atom. The Morgan fingerprint density at radius 2 is 1.78 bits per heavy atom. The largest absolute Gasteiger partial charge is 0.478 e. The number of carboxylic acid groups (broad SMARTS) is 1. The van der Waals surface area contributed by atoms with Crippen molar-refractivity contribution in [1.29, 1.82) is 0 Å². The van der Waals surface area contributed by atoms with Crippen molar-refractivity contribution in [2.24, 2.45) is 0 Å². The number of aliphatic hydroxyl groups is 2. The molecule has 144 valence electrons. The summed E-state index contributed by atoms with van der Waals surface area (Å²) < 4.78 is 5.05. The van der Waals surface area contributed by atoms with Crippen LogP contribution in [0.2, 0.25) is 0 Å². The van der Waals surface area contributed by atoms with E-state index >= 15 is 0 Å². The number of aryl methyl sites for hydroxylation is 1. The number of carboxylic acids is 1. The highest BCUT2D eigenvalue weighted by atomic mass is 16.5. The fourth-order valence-electron chi connectivity index (χ4n) is 2.69. The van der Waals surface area contributed by atoms with Crippen molar-refractivity contribution < 1.29 is 29.6 Å². The minimum atomic E-state index is -1.38. The lowest BCUT2D eigenvalue weighted by atomic mass is 9.94. The van der Waals surface area contributed by atoms with E-state index in [1.807, 2.05) is 30.3 Å². The molecule has 0 aliphatic heterocycles. The minimum absolute atomic E-state index is 0.0284. The molecule has 0 heterocycles. The predicted molar refractivity (Wildman–Crippen MR) is 98.4 cm³/mol. The van der Waals surface area contributed by atoms with E-state index in [0.717, 1.165) is 5.56 Å². The molecule has 0 radical (unpaired) electrons. The lowest BCUT2D eigenvalue weighted by Crippen LogP contribution is -2.30. The van der Waals surface area contributed by atoms with Crippen LogP contribution in [-0.4, -0.2) is 40.0 Å². The van der Waals surface area contributed by atoms with Gasteiger partial charge in [0.05, 0.1) is 11.7 Å². The number of benzene rings is 2. The van der Waals surface area contributed by atoms with Crippen LogP contribution in [0.5, 0.6) is 0 Å². The molecule has 2 aromatic rings. The maximum atomic E-state index is 11.7. The van der Waals surface area contributed by atoms with Gasteiger partial charge < -0.3 is 25.4 Å². The number of nitrogens with one attached hydrogen (secondary N) is 1. The van der Waals surface area contributed by atoms with Crippen molar-refractivity contribution in [3.8, 4) is 0 Å². The molecule has 27 heavy (non-hydrogen) atoms. The summed E-state index contributed by atoms with van der Waals surface area (Å²) >= 11 is 0. The van der Waals surface area contributed by atoms with Gasteiger partial charge >= 0.3 is 12.1 Å². The molecule has 0 saturated heterocycles. The molecule has 0 bridgehead atoms. The number of carbonyl (C=O) groups excluding carboxylic acids is 1. The van der Waals surface area contributed by atoms with Gasteiger partial charge in [-0.25, -0.2) is 9.59 Å². The van der Waals surface area contributed by atoms with E-state index in [4.69, 9.17) is 4.74 Å². The monoisotopic (exact) mass is 373 g/mol. The average Bonchev–Trinajstić information content (AvgIpc) is 2.66. The molecule has 1 amide bonds. The van der Waals surface area contributed by atoms with E-state index in [2.05, 4.69) is 5.32 Å². The third kappa shape index (κ3) is 5.80. The fraction of sp³-hybridized carbons (Fsp3) is 0.300. The molecule has 7 nitrogen and oxygen atoms in total. The highest BCUT2D eigenvalue weighted by Gasteiger charge is 2.24. The van der Waals surface area contributed by atoms with Crippen molar-refractivity contribution in [2.45, 2.75) is 32.2 Å². The normalized spacial score (nSPS) is 12.9. The summed E-state index contributed by atoms with van der Waals surface area (Å²) in [6.07, 6.45) is -3.21. The Balaban J connectivity index is 1.83. The van der Waals surface area contributed by atoms with Gasteiger partial charge in [0.25, 0.3) is 0 Å². The molecule has 0 aliphatic carbocycles. The summed E-state index contributed by atoms with van der Waals surface area (Å²) in [5, 5.41) is 32.3. The number of amides is 1. The van der Waals surface area contributed by atoms with E-state index in [-0.39, 0.29) is 30.7 Å². The van der Waals surface area contributed by atoms with Crippen LogP contribution in [0.4, 0.5) is 4.79 Å². The predicted octanol–water partition coefficient (Wildman–Crippen LogP) is 2.40. The van der Waals surface area contributed by atoms with Crippen LogP contribution in [0.1, 0.15) is 39.6 Å². The third-order valence-electron chi connectivity index (χ3n) is 4.12. The van der Waals surface area contributed by atoms with Gasteiger partial charge in [0.2, 0.25) is 0 Å². The lowest BCUT2D eigenvalue weighted by Gasteiger charge is -2.20. The van der Waals surface area contributed by atoms with Crippen molar-refractivity contribution in [3.05, 3.63) is 70.8 Å². The molecule has 0 saturated carbocycles. The van der Waals surface area contributed by atoms with Gasteiger partial charge in [-0.3, -0.25) is 0 Å². The number of hydrogen-bond acceptors (Lipinski definition) is 5. The van der Waals surface area contributed by atoms with Crippen LogP contribution in [0, 0.1) is 6.92 Å². The van der Waals surface area contributed by atoms with E-state index in [1.54, 1.807) is 19.1 Å². The Kier molecular flexibility index (Phi) is 7.34. The highest BCUT2D eigenvalue weighted by Crippen LogP contribution is 2.25. The average molecular weight is 373 g/mol. The third-order valence-corrected chi connectivity index (χ3v) is 4.12. The molecule has 2 aromatic carbocycles. The van der Waals surface area contributed by atoms with E-state index in [1.165, 1.54) is 6.07 Å². The molecule has 0 aromatic heterocycles. The molecule has 4 N–H and O–H groups in total. The number of aromatic carboxylic acids is 1. The van der Waals surface area contributed by atoms with E-state index < -0.39 is 24.3 Å². The number of ether oxygens (including phenoxy) is 1. The highest BCUT2D eigenvalue weighted by molar-refractivity contribution is 5.91. The summed E-state index contributed by atoms with van der Waals surface area (Å²) in [5.41, 5.74) is 1.46. The van der Waals surface area contributed by atoms with Gasteiger partial charge in [0.1, 0.15) is 12.7 Å². The lowest BCUT2D eigenvalue weighted by molar-refractivity contribution is 0.0127. The summed E-state index contributed by atoms with van der Waals surface area (Å²) in [6.45, 7) is 1.82. The molecular formula is C20H23NO6. The van der Waals surface area contributed by atoms with Crippen molar-refractivity contribution in [3.63, 3.8) is 0 Å². The first-order valence-corrected chi connectivity index (χ1v) is 8.53.